The molecule has 6 nitrogen and oxygen atoms in total. The van der Waals surface area contributed by atoms with Gasteiger partial charge in [0.05, 0.1) is 10.0 Å². The number of amides is 1. The Labute approximate surface area is 152 Å². The third-order valence-electron chi connectivity index (χ3n) is 3.94. The summed E-state index contributed by atoms with van der Waals surface area (Å²) in [5.74, 6) is 0.00476. The predicted octanol–water partition coefficient (Wildman–Crippen LogP) is 1.95. The van der Waals surface area contributed by atoms with Crippen molar-refractivity contribution in [3.63, 3.8) is 0 Å². The van der Waals surface area contributed by atoms with Gasteiger partial charge in [0.1, 0.15) is 4.90 Å². The third-order valence-corrected chi connectivity index (χ3v) is 6.81. The van der Waals surface area contributed by atoms with Crippen LogP contribution in [-0.4, -0.2) is 55.8 Å². The van der Waals surface area contributed by atoms with E-state index in [2.05, 4.69) is 0 Å². The van der Waals surface area contributed by atoms with Gasteiger partial charge < -0.3 is 10.6 Å². The minimum Gasteiger partial charge on any atom is -0.340 e. The normalized spacial score (nSPS) is 17.8. The van der Waals surface area contributed by atoms with Gasteiger partial charge in [0.2, 0.25) is 15.9 Å². The van der Waals surface area contributed by atoms with Gasteiger partial charge >= 0.3 is 0 Å². The van der Waals surface area contributed by atoms with Gasteiger partial charge in [-0.1, -0.05) is 29.3 Å². The largest absolute Gasteiger partial charge is 0.340 e. The van der Waals surface area contributed by atoms with Gasteiger partial charge in [-0.25, -0.2) is 8.42 Å². The molecular formula is C15H21Cl2N3O3S. The first-order valence-corrected chi connectivity index (χ1v) is 9.90. The molecule has 1 aromatic rings. The van der Waals surface area contributed by atoms with Gasteiger partial charge in [-0.2, -0.15) is 4.31 Å². The Morgan fingerprint density at radius 1 is 1.25 bits per heavy atom. The highest BCUT2D eigenvalue weighted by Gasteiger charge is 2.31. The topological polar surface area (TPSA) is 83.7 Å². The van der Waals surface area contributed by atoms with E-state index in [4.69, 9.17) is 28.9 Å². The van der Waals surface area contributed by atoms with Crippen LogP contribution in [0.1, 0.15) is 19.8 Å². The average molecular weight is 394 g/mol. The number of rotatable bonds is 5. The fourth-order valence-electron chi connectivity index (χ4n) is 2.51. The number of carbonyl (C=O) groups excluding carboxylic acids is 1. The molecule has 1 saturated heterocycles. The molecule has 1 heterocycles. The lowest BCUT2D eigenvalue weighted by atomic mass is 10.2. The molecule has 1 unspecified atom stereocenters. The monoisotopic (exact) mass is 393 g/mol. The van der Waals surface area contributed by atoms with Gasteiger partial charge in [0.15, 0.2) is 0 Å². The first-order valence-electron chi connectivity index (χ1n) is 7.71. The number of halogens is 2. The van der Waals surface area contributed by atoms with Crippen LogP contribution in [0.4, 0.5) is 0 Å². The molecule has 1 aliphatic heterocycles. The molecule has 1 fully saturated rings. The number of hydrogen-bond donors (Lipinski definition) is 1. The van der Waals surface area contributed by atoms with Crippen LogP contribution in [0.2, 0.25) is 10.0 Å². The molecule has 134 valence electrons. The van der Waals surface area contributed by atoms with Crippen LogP contribution in [-0.2, 0) is 14.8 Å². The van der Waals surface area contributed by atoms with E-state index < -0.39 is 10.0 Å². The fraction of sp³-hybridized carbons (Fsp3) is 0.533. The maximum atomic E-state index is 12.7. The van der Waals surface area contributed by atoms with Gasteiger partial charge in [0, 0.05) is 38.6 Å². The zero-order chi connectivity index (χ0) is 17.9. The fourth-order valence-corrected chi connectivity index (χ4v) is 4.67. The Morgan fingerprint density at radius 2 is 1.88 bits per heavy atom. The number of piperazine rings is 1. The van der Waals surface area contributed by atoms with Gasteiger partial charge in [0.25, 0.3) is 0 Å². The molecule has 1 aromatic carbocycles. The first kappa shape index (κ1) is 19.5. The maximum absolute atomic E-state index is 12.7. The summed E-state index contributed by atoms with van der Waals surface area (Å²) in [6, 6.07) is 4.50. The summed E-state index contributed by atoms with van der Waals surface area (Å²) in [5.41, 5.74) is 5.66. The lowest BCUT2D eigenvalue weighted by Gasteiger charge is -2.34. The van der Waals surface area contributed by atoms with Crippen molar-refractivity contribution < 1.29 is 13.2 Å². The summed E-state index contributed by atoms with van der Waals surface area (Å²) in [6.45, 7) is 3.03. The molecule has 0 saturated carbocycles. The molecule has 2 rings (SSSR count). The molecule has 24 heavy (non-hydrogen) atoms. The molecule has 0 spiro atoms. The molecular weight excluding hydrogens is 373 g/mol. The molecule has 9 heteroatoms. The van der Waals surface area contributed by atoms with E-state index >= 15 is 0 Å². The molecule has 0 radical (unpaired) electrons. The van der Waals surface area contributed by atoms with Crippen molar-refractivity contribution in [2.75, 3.05) is 26.2 Å². The number of carbonyl (C=O) groups is 1. The summed E-state index contributed by atoms with van der Waals surface area (Å²) in [5, 5.41) is 0.220. The van der Waals surface area contributed by atoms with Crippen molar-refractivity contribution in [3.8, 4) is 0 Å². The highest BCUT2D eigenvalue weighted by Crippen LogP contribution is 2.31. The van der Waals surface area contributed by atoms with E-state index in [1.165, 1.54) is 16.4 Å². The Morgan fingerprint density at radius 3 is 2.46 bits per heavy atom. The first-order chi connectivity index (χ1) is 11.2. The van der Waals surface area contributed by atoms with Crippen LogP contribution in [0.25, 0.3) is 0 Å². The second kappa shape index (κ2) is 8.01. The number of benzene rings is 1. The van der Waals surface area contributed by atoms with Gasteiger partial charge in [-0.15, -0.1) is 0 Å². The van der Waals surface area contributed by atoms with Crippen molar-refractivity contribution >= 4 is 39.1 Å². The Kier molecular flexibility index (Phi) is 6.50. The summed E-state index contributed by atoms with van der Waals surface area (Å²) in [4.78, 5) is 13.8. The molecule has 1 amide bonds. The highest BCUT2D eigenvalue weighted by atomic mass is 35.5. The number of sulfonamides is 1. The van der Waals surface area contributed by atoms with E-state index in [0.717, 1.165) is 0 Å². The summed E-state index contributed by atoms with van der Waals surface area (Å²) in [7, 11) is -3.73. The van der Waals surface area contributed by atoms with Crippen LogP contribution in [0, 0.1) is 0 Å². The van der Waals surface area contributed by atoms with Crippen LogP contribution in [0.5, 0.6) is 0 Å². The van der Waals surface area contributed by atoms with Crippen molar-refractivity contribution in [1.29, 1.82) is 0 Å². The molecule has 2 N–H and O–H groups in total. The number of hydrogen-bond acceptors (Lipinski definition) is 4. The maximum Gasteiger partial charge on any atom is 0.244 e. The predicted molar refractivity (Wildman–Crippen MR) is 94.7 cm³/mol. The van der Waals surface area contributed by atoms with E-state index in [-0.39, 0.29) is 40.0 Å². The third kappa shape index (κ3) is 4.40. The van der Waals surface area contributed by atoms with Crippen molar-refractivity contribution in [3.05, 3.63) is 28.2 Å². The molecule has 1 atom stereocenters. The van der Waals surface area contributed by atoms with Crippen LogP contribution >= 0.6 is 23.2 Å². The number of nitrogens with zero attached hydrogens (tertiary/aromatic N) is 2. The minimum absolute atomic E-state index is 0.00476. The smallest absolute Gasteiger partial charge is 0.244 e. The van der Waals surface area contributed by atoms with Crippen molar-refractivity contribution in [2.45, 2.75) is 30.7 Å². The van der Waals surface area contributed by atoms with Gasteiger partial charge in [-0.05, 0) is 25.5 Å². The standard InChI is InChI=1S/C15H21Cl2N3O3S/c1-11(18)5-6-14(21)19-7-9-20(10-8-19)24(22,23)13-4-2-3-12(16)15(13)17/h2-4,11H,5-10,18H2,1H3. The zero-order valence-corrected chi connectivity index (χ0v) is 15.7. The molecule has 1 aliphatic rings. The van der Waals surface area contributed by atoms with Crippen LogP contribution in [0.3, 0.4) is 0 Å². The lowest BCUT2D eigenvalue weighted by Crippen LogP contribution is -2.50. The second-order valence-electron chi connectivity index (χ2n) is 5.85. The van der Waals surface area contributed by atoms with Gasteiger partial charge in [-0.3, -0.25) is 4.79 Å². The highest BCUT2D eigenvalue weighted by molar-refractivity contribution is 7.89. The number of nitrogens with two attached hydrogens (primary N) is 1. The SMILES string of the molecule is CC(N)CCC(=O)N1CCN(S(=O)(=O)c2cccc(Cl)c2Cl)CC1. The summed E-state index contributed by atoms with van der Waals surface area (Å²) in [6.07, 6.45) is 1.00. The van der Waals surface area contributed by atoms with E-state index in [9.17, 15) is 13.2 Å². The molecule has 0 aliphatic carbocycles. The summed E-state index contributed by atoms with van der Waals surface area (Å²) >= 11 is 11.9. The molecule has 0 aromatic heterocycles. The Bertz CT molecular complexity index is 702. The van der Waals surface area contributed by atoms with E-state index in [1.807, 2.05) is 6.92 Å². The Balaban J connectivity index is 2.03. The van der Waals surface area contributed by atoms with Crippen LogP contribution < -0.4 is 5.73 Å². The Hall–Kier alpha value is -0.860. The quantitative estimate of drug-likeness (QED) is 0.828. The van der Waals surface area contributed by atoms with Crippen molar-refractivity contribution in [2.24, 2.45) is 5.73 Å². The minimum atomic E-state index is -3.73. The second-order valence-corrected chi connectivity index (χ2v) is 8.54. The summed E-state index contributed by atoms with van der Waals surface area (Å²) < 4.78 is 26.8. The average Bonchev–Trinajstić information content (AvgIpc) is 2.55. The molecule has 0 bridgehead atoms. The zero-order valence-electron chi connectivity index (χ0n) is 13.4. The van der Waals surface area contributed by atoms with Crippen LogP contribution in [0.15, 0.2) is 23.1 Å². The lowest BCUT2D eigenvalue weighted by molar-refractivity contribution is -0.132. The van der Waals surface area contributed by atoms with Crippen molar-refractivity contribution in [1.82, 2.24) is 9.21 Å². The van der Waals surface area contributed by atoms with E-state index in [1.54, 1.807) is 11.0 Å². The van der Waals surface area contributed by atoms with E-state index in [0.29, 0.717) is 25.9 Å².